The van der Waals surface area contributed by atoms with Crippen LogP contribution in [0.15, 0.2) is 36.5 Å². The molecule has 3 aromatic rings. The fraction of sp³-hybridized carbons (Fsp3) is 0.250. The molecular weight excluding hydrogens is 234 g/mol. The van der Waals surface area contributed by atoms with Gasteiger partial charge >= 0.3 is 0 Å². The highest BCUT2D eigenvalue weighted by molar-refractivity contribution is 6.04. The van der Waals surface area contributed by atoms with Crippen LogP contribution in [-0.4, -0.2) is 16.5 Å². The van der Waals surface area contributed by atoms with Crippen LogP contribution < -0.4 is 5.32 Å². The molecule has 0 spiro atoms. The van der Waals surface area contributed by atoms with Gasteiger partial charge in [-0.3, -0.25) is 4.98 Å². The average molecular weight is 251 g/mol. The zero-order chi connectivity index (χ0) is 13.2. The van der Waals surface area contributed by atoms with E-state index in [9.17, 15) is 0 Å². The molecule has 96 valence electrons. The summed E-state index contributed by atoms with van der Waals surface area (Å²) in [4.78, 5) is 9.20. The molecule has 0 aliphatic rings. The van der Waals surface area contributed by atoms with Crippen LogP contribution in [0, 0.1) is 0 Å². The molecule has 0 radical (unpaired) electrons. The SMILES string of the molecule is CCNc1nc2c(ccc3ncccc32)cc1CC. The highest BCUT2D eigenvalue weighted by atomic mass is 15.0. The Labute approximate surface area is 112 Å². The monoisotopic (exact) mass is 251 g/mol. The van der Waals surface area contributed by atoms with Gasteiger partial charge in [0.05, 0.1) is 11.0 Å². The topological polar surface area (TPSA) is 37.8 Å². The van der Waals surface area contributed by atoms with Gasteiger partial charge in [-0.1, -0.05) is 13.0 Å². The Kier molecular flexibility index (Phi) is 3.03. The smallest absolute Gasteiger partial charge is 0.129 e. The summed E-state index contributed by atoms with van der Waals surface area (Å²) in [6.45, 7) is 5.14. The molecule has 3 nitrogen and oxygen atoms in total. The molecule has 2 aromatic heterocycles. The Morgan fingerprint density at radius 1 is 1.16 bits per heavy atom. The predicted molar refractivity (Wildman–Crippen MR) is 80.6 cm³/mol. The van der Waals surface area contributed by atoms with Gasteiger partial charge in [0.15, 0.2) is 0 Å². The van der Waals surface area contributed by atoms with Gasteiger partial charge in [-0.2, -0.15) is 0 Å². The number of benzene rings is 1. The Morgan fingerprint density at radius 2 is 2.05 bits per heavy atom. The van der Waals surface area contributed by atoms with E-state index in [1.807, 2.05) is 12.3 Å². The van der Waals surface area contributed by atoms with Crippen molar-refractivity contribution in [2.45, 2.75) is 20.3 Å². The second-order valence-corrected chi connectivity index (χ2v) is 4.59. The van der Waals surface area contributed by atoms with E-state index in [1.54, 1.807) is 0 Å². The number of pyridine rings is 2. The summed E-state index contributed by atoms with van der Waals surface area (Å²) in [6, 6.07) is 10.4. The Balaban J connectivity index is 2.35. The van der Waals surface area contributed by atoms with E-state index < -0.39 is 0 Å². The molecule has 0 atom stereocenters. The molecule has 0 amide bonds. The molecular formula is C16H17N3. The van der Waals surface area contributed by atoms with E-state index in [1.165, 1.54) is 10.9 Å². The summed E-state index contributed by atoms with van der Waals surface area (Å²) in [5.41, 5.74) is 3.28. The van der Waals surface area contributed by atoms with Gasteiger partial charge in [0.25, 0.3) is 0 Å². The zero-order valence-electron chi connectivity index (χ0n) is 11.3. The van der Waals surface area contributed by atoms with Crippen molar-refractivity contribution >= 4 is 27.6 Å². The van der Waals surface area contributed by atoms with Gasteiger partial charge < -0.3 is 5.32 Å². The summed E-state index contributed by atoms with van der Waals surface area (Å²) in [5, 5.41) is 5.64. The largest absolute Gasteiger partial charge is 0.370 e. The van der Waals surface area contributed by atoms with E-state index in [2.05, 4.69) is 48.4 Å². The van der Waals surface area contributed by atoms with E-state index in [0.29, 0.717) is 0 Å². The number of nitrogens with zero attached hydrogens (tertiary/aromatic N) is 2. The normalized spacial score (nSPS) is 11.1. The molecule has 0 bridgehead atoms. The molecule has 2 heterocycles. The first-order chi connectivity index (χ1) is 9.33. The molecule has 1 aromatic carbocycles. The fourth-order valence-electron chi connectivity index (χ4n) is 2.42. The molecule has 0 saturated carbocycles. The number of aryl methyl sites for hydroxylation is 1. The highest BCUT2D eigenvalue weighted by Crippen LogP contribution is 2.26. The average Bonchev–Trinajstić information content (AvgIpc) is 2.47. The van der Waals surface area contributed by atoms with Crippen LogP contribution in [0.1, 0.15) is 19.4 Å². The third kappa shape index (κ3) is 2.01. The van der Waals surface area contributed by atoms with Gasteiger partial charge in [-0.05, 0) is 43.2 Å². The number of aromatic nitrogens is 2. The van der Waals surface area contributed by atoms with Gasteiger partial charge in [-0.25, -0.2) is 4.98 Å². The Bertz CT molecular complexity index is 734. The number of fused-ring (bicyclic) bond motifs is 3. The molecule has 1 N–H and O–H groups in total. The number of nitrogens with one attached hydrogen (secondary N) is 1. The van der Waals surface area contributed by atoms with Gasteiger partial charge in [-0.15, -0.1) is 0 Å². The maximum Gasteiger partial charge on any atom is 0.129 e. The van der Waals surface area contributed by atoms with Gasteiger partial charge in [0, 0.05) is 23.5 Å². The van der Waals surface area contributed by atoms with Crippen molar-refractivity contribution in [3.8, 4) is 0 Å². The van der Waals surface area contributed by atoms with Gasteiger partial charge in [0.2, 0.25) is 0 Å². The Morgan fingerprint density at radius 3 is 2.84 bits per heavy atom. The summed E-state index contributed by atoms with van der Waals surface area (Å²) in [6.07, 6.45) is 2.80. The van der Waals surface area contributed by atoms with Crippen molar-refractivity contribution in [3.63, 3.8) is 0 Å². The van der Waals surface area contributed by atoms with Crippen LogP contribution in [0.3, 0.4) is 0 Å². The van der Waals surface area contributed by atoms with E-state index in [-0.39, 0.29) is 0 Å². The second kappa shape index (κ2) is 4.84. The van der Waals surface area contributed by atoms with Crippen LogP contribution in [0.25, 0.3) is 21.8 Å². The molecule has 19 heavy (non-hydrogen) atoms. The first kappa shape index (κ1) is 11.9. The number of hydrogen-bond acceptors (Lipinski definition) is 3. The predicted octanol–water partition coefficient (Wildman–Crippen LogP) is 3.78. The quantitative estimate of drug-likeness (QED) is 0.720. The first-order valence-corrected chi connectivity index (χ1v) is 6.74. The molecule has 0 aliphatic carbocycles. The maximum absolute atomic E-state index is 4.81. The number of rotatable bonds is 3. The third-order valence-electron chi connectivity index (χ3n) is 3.37. The molecule has 0 unspecified atom stereocenters. The van der Waals surface area contributed by atoms with Crippen LogP contribution in [0.5, 0.6) is 0 Å². The maximum atomic E-state index is 4.81. The molecule has 0 saturated heterocycles. The summed E-state index contributed by atoms with van der Waals surface area (Å²) in [7, 11) is 0. The van der Waals surface area contributed by atoms with Crippen LogP contribution in [0.2, 0.25) is 0 Å². The van der Waals surface area contributed by atoms with Crippen LogP contribution in [0.4, 0.5) is 5.82 Å². The minimum Gasteiger partial charge on any atom is -0.370 e. The van der Waals surface area contributed by atoms with E-state index >= 15 is 0 Å². The Hall–Kier alpha value is -2.16. The molecule has 3 rings (SSSR count). The van der Waals surface area contributed by atoms with Crippen molar-refractivity contribution in [3.05, 3.63) is 42.1 Å². The van der Waals surface area contributed by atoms with Crippen molar-refractivity contribution in [1.82, 2.24) is 9.97 Å². The number of hydrogen-bond donors (Lipinski definition) is 1. The van der Waals surface area contributed by atoms with Crippen molar-refractivity contribution in [1.29, 1.82) is 0 Å². The van der Waals surface area contributed by atoms with Crippen LogP contribution in [-0.2, 0) is 6.42 Å². The summed E-state index contributed by atoms with van der Waals surface area (Å²) in [5.74, 6) is 0.994. The minimum atomic E-state index is 0.883. The summed E-state index contributed by atoms with van der Waals surface area (Å²) < 4.78 is 0. The lowest BCUT2D eigenvalue weighted by Crippen LogP contribution is -2.03. The summed E-state index contributed by atoms with van der Waals surface area (Å²) >= 11 is 0. The van der Waals surface area contributed by atoms with Crippen molar-refractivity contribution < 1.29 is 0 Å². The molecule has 0 aliphatic heterocycles. The minimum absolute atomic E-state index is 0.883. The molecule has 0 fully saturated rings. The lowest BCUT2D eigenvalue weighted by Gasteiger charge is -2.11. The lowest BCUT2D eigenvalue weighted by atomic mass is 10.1. The third-order valence-corrected chi connectivity index (χ3v) is 3.37. The standard InChI is InChI=1S/C16H17N3/c1-3-11-10-12-7-8-14-13(6-5-9-18-14)15(12)19-16(11)17-4-2/h5-10H,3-4H2,1-2H3,(H,17,19). The molecule has 3 heteroatoms. The van der Waals surface area contributed by atoms with E-state index in [4.69, 9.17) is 4.98 Å². The number of anilines is 1. The fourth-order valence-corrected chi connectivity index (χ4v) is 2.42. The van der Waals surface area contributed by atoms with Crippen molar-refractivity contribution in [2.24, 2.45) is 0 Å². The highest BCUT2D eigenvalue weighted by Gasteiger charge is 2.07. The van der Waals surface area contributed by atoms with Crippen LogP contribution >= 0.6 is 0 Å². The van der Waals surface area contributed by atoms with Crippen molar-refractivity contribution in [2.75, 3.05) is 11.9 Å². The van der Waals surface area contributed by atoms with E-state index in [0.717, 1.165) is 35.2 Å². The lowest BCUT2D eigenvalue weighted by molar-refractivity contribution is 1.09. The van der Waals surface area contributed by atoms with Gasteiger partial charge in [0.1, 0.15) is 5.82 Å². The zero-order valence-corrected chi connectivity index (χ0v) is 11.3. The second-order valence-electron chi connectivity index (χ2n) is 4.59. The first-order valence-electron chi connectivity index (χ1n) is 6.74.